The van der Waals surface area contributed by atoms with Crippen LogP contribution in [0.25, 0.3) is 0 Å². The summed E-state index contributed by atoms with van der Waals surface area (Å²) in [5.74, 6) is -0.215. The van der Waals surface area contributed by atoms with E-state index in [9.17, 15) is 19.4 Å². The van der Waals surface area contributed by atoms with Crippen LogP contribution in [0.15, 0.2) is 48.6 Å². The molecule has 0 saturated carbocycles. The molecule has 2 N–H and O–H groups in total. The van der Waals surface area contributed by atoms with Crippen molar-refractivity contribution in [1.29, 1.82) is 0 Å². The summed E-state index contributed by atoms with van der Waals surface area (Å²) in [6, 6.07) is -0.913. The summed E-state index contributed by atoms with van der Waals surface area (Å²) in [6.07, 6.45) is 67.8. The summed E-state index contributed by atoms with van der Waals surface area (Å²) >= 11 is 0. The molecular weight excluding hydrogens is 876 g/mol. The number of aliphatic hydroxyl groups is 1. The van der Waals surface area contributed by atoms with Crippen LogP contribution in [0.2, 0.25) is 0 Å². The Kier molecular flexibility index (Phi) is 50.2. The summed E-state index contributed by atoms with van der Waals surface area (Å²) in [6.45, 7) is 4.64. The molecule has 0 bridgehead atoms. The van der Waals surface area contributed by atoms with Crippen LogP contribution in [0.4, 0.5) is 0 Å². The SMILES string of the molecule is CCCCCCCC/C=C\CCCCCCCCCC(=O)NC(COP(=O)([O-])OCC[N+](C)(C)C)C(O)/C=C/CC/C=C/CC/C=C/CCCCCCCCCCCCCCCCCCCCCC. The van der Waals surface area contributed by atoms with E-state index in [4.69, 9.17) is 9.05 Å². The molecule has 9 heteroatoms. The van der Waals surface area contributed by atoms with E-state index < -0.39 is 26.6 Å². The van der Waals surface area contributed by atoms with Crippen molar-refractivity contribution in [3.05, 3.63) is 48.6 Å². The van der Waals surface area contributed by atoms with Crippen molar-refractivity contribution < 1.29 is 32.9 Å². The van der Waals surface area contributed by atoms with Crippen molar-refractivity contribution in [3.8, 4) is 0 Å². The Morgan fingerprint density at radius 1 is 0.493 bits per heavy atom. The molecule has 3 atom stereocenters. The van der Waals surface area contributed by atoms with Gasteiger partial charge in [0, 0.05) is 6.42 Å². The average Bonchev–Trinajstić information content (AvgIpc) is 3.31. The summed E-state index contributed by atoms with van der Waals surface area (Å²) in [4.78, 5) is 25.5. The van der Waals surface area contributed by atoms with Gasteiger partial charge >= 0.3 is 0 Å². The number of carbonyl (C=O) groups is 1. The number of likely N-dealkylation sites (N-methyl/N-ethyl adjacent to an activating group) is 1. The molecule has 0 aliphatic heterocycles. The van der Waals surface area contributed by atoms with Crippen LogP contribution in [0.1, 0.15) is 277 Å². The Morgan fingerprint density at radius 3 is 1.17 bits per heavy atom. The summed E-state index contributed by atoms with van der Waals surface area (Å²) < 4.78 is 23.3. The minimum Gasteiger partial charge on any atom is -0.756 e. The third-order valence-corrected chi connectivity index (χ3v) is 14.2. The first kappa shape index (κ1) is 67.5. The quantitative estimate of drug-likeness (QED) is 0.0272. The molecule has 0 aromatic rings. The van der Waals surface area contributed by atoms with E-state index >= 15 is 0 Å². The molecular formula is C60H115N2O6P. The van der Waals surface area contributed by atoms with Gasteiger partial charge in [-0.3, -0.25) is 9.36 Å². The zero-order valence-electron chi connectivity index (χ0n) is 46.3. The lowest BCUT2D eigenvalue weighted by molar-refractivity contribution is -0.870. The normalized spacial score (nSPS) is 14.2. The fourth-order valence-corrected chi connectivity index (χ4v) is 9.32. The van der Waals surface area contributed by atoms with Crippen LogP contribution < -0.4 is 10.2 Å². The number of phosphoric acid groups is 1. The highest BCUT2D eigenvalue weighted by Crippen LogP contribution is 2.38. The van der Waals surface area contributed by atoms with Crippen LogP contribution >= 0.6 is 7.82 Å². The number of nitrogens with one attached hydrogen (secondary N) is 1. The zero-order chi connectivity index (χ0) is 50.6. The van der Waals surface area contributed by atoms with Crippen molar-refractivity contribution in [2.24, 2.45) is 0 Å². The third-order valence-electron chi connectivity index (χ3n) is 13.2. The summed E-state index contributed by atoms with van der Waals surface area (Å²) in [7, 11) is 1.24. The van der Waals surface area contributed by atoms with Gasteiger partial charge in [0.05, 0.1) is 39.9 Å². The van der Waals surface area contributed by atoms with Crippen molar-refractivity contribution in [1.82, 2.24) is 5.32 Å². The number of rotatable bonds is 54. The average molecular weight is 992 g/mol. The number of nitrogens with zero attached hydrogens (tertiary/aromatic N) is 1. The highest BCUT2D eigenvalue weighted by molar-refractivity contribution is 7.45. The molecule has 0 radical (unpaired) electrons. The van der Waals surface area contributed by atoms with Crippen molar-refractivity contribution >= 4 is 13.7 Å². The van der Waals surface area contributed by atoms with E-state index in [0.29, 0.717) is 17.4 Å². The van der Waals surface area contributed by atoms with E-state index in [0.717, 1.165) is 44.9 Å². The van der Waals surface area contributed by atoms with Gasteiger partial charge in [-0.1, -0.05) is 249 Å². The standard InChI is InChI=1S/C60H115N2O6P/c1-6-8-10-12-14-16-18-20-22-24-25-26-27-28-29-30-31-32-33-34-35-36-38-39-41-43-45-47-49-51-53-59(63)58(57-68-69(65,66)67-56-55-62(3,4)5)61-60(64)54-52-50-48-46-44-42-40-37-23-21-19-17-15-13-11-9-7-2/h21,23,36,38,43,45,51,53,58-59,63H,6-20,22,24-35,37,39-42,44,46-50,52,54-57H2,1-5H3,(H-,61,64,65,66)/b23-21-,38-36+,45-43+,53-51+. The number of phosphoric ester groups is 1. The summed E-state index contributed by atoms with van der Waals surface area (Å²) in [5, 5.41) is 13.9. The Balaban J connectivity index is 4.22. The number of amides is 1. The summed E-state index contributed by atoms with van der Waals surface area (Å²) in [5.41, 5.74) is 0. The number of carbonyl (C=O) groups excluding carboxylic acids is 1. The van der Waals surface area contributed by atoms with Crippen molar-refractivity contribution in [3.63, 3.8) is 0 Å². The number of unbranched alkanes of at least 4 members (excludes halogenated alkanes) is 35. The van der Waals surface area contributed by atoms with Crippen LogP contribution in [0.5, 0.6) is 0 Å². The molecule has 0 heterocycles. The maximum atomic E-state index is 12.9. The van der Waals surface area contributed by atoms with E-state index in [2.05, 4.69) is 55.6 Å². The fourth-order valence-electron chi connectivity index (χ4n) is 8.59. The topological polar surface area (TPSA) is 108 Å². The van der Waals surface area contributed by atoms with Crippen LogP contribution in [-0.4, -0.2) is 68.5 Å². The predicted molar refractivity (Wildman–Crippen MR) is 298 cm³/mol. The molecule has 0 fully saturated rings. The molecule has 0 aromatic carbocycles. The number of quaternary nitrogens is 1. The van der Waals surface area contributed by atoms with E-state index in [-0.39, 0.29) is 12.5 Å². The second kappa shape index (κ2) is 51.4. The second-order valence-corrected chi connectivity index (χ2v) is 22.7. The van der Waals surface area contributed by atoms with Crippen molar-refractivity contribution in [2.75, 3.05) is 40.9 Å². The number of allylic oxidation sites excluding steroid dienone is 7. The minimum atomic E-state index is -4.61. The Morgan fingerprint density at radius 2 is 0.812 bits per heavy atom. The molecule has 0 saturated heterocycles. The number of aliphatic hydroxyl groups excluding tert-OH is 1. The molecule has 69 heavy (non-hydrogen) atoms. The molecule has 0 spiro atoms. The molecule has 0 aromatic heterocycles. The van der Waals surface area contributed by atoms with Crippen LogP contribution in [-0.2, 0) is 18.4 Å². The Hall–Kier alpha value is -1.54. The molecule has 0 rings (SSSR count). The minimum absolute atomic E-state index is 0.0103. The first-order chi connectivity index (χ1) is 33.5. The van der Waals surface area contributed by atoms with Gasteiger partial charge in [-0.05, 0) is 70.6 Å². The highest BCUT2D eigenvalue weighted by atomic mass is 31.2. The lowest BCUT2D eigenvalue weighted by Crippen LogP contribution is -2.45. The Labute approximate surface area is 429 Å². The number of hydrogen-bond acceptors (Lipinski definition) is 6. The van der Waals surface area contributed by atoms with Crippen molar-refractivity contribution in [2.45, 2.75) is 289 Å². The van der Waals surface area contributed by atoms with Crippen LogP contribution in [0, 0.1) is 0 Å². The predicted octanol–water partition coefficient (Wildman–Crippen LogP) is 17.3. The monoisotopic (exact) mass is 991 g/mol. The molecule has 406 valence electrons. The van der Waals surface area contributed by atoms with Gasteiger partial charge in [0.1, 0.15) is 13.2 Å². The molecule has 3 unspecified atom stereocenters. The molecule has 8 nitrogen and oxygen atoms in total. The third kappa shape index (κ3) is 54.1. The smallest absolute Gasteiger partial charge is 0.268 e. The lowest BCUT2D eigenvalue weighted by atomic mass is 10.0. The van der Waals surface area contributed by atoms with E-state index in [1.807, 2.05) is 27.2 Å². The maximum absolute atomic E-state index is 12.9. The molecule has 1 amide bonds. The van der Waals surface area contributed by atoms with E-state index in [1.165, 1.54) is 212 Å². The van der Waals surface area contributed by atoms with Gasteiger partial charge in [-0.15, -0.1) is 0 Å². The lowest BCUT2D eigenvalue weighted by Gasteiger charge is -2.29. The fraction of sp³-hybridized carbons (Fsp3) is 0.850. The zero-order valence-corrected chi connectivity index (χ0v) is 47.2. The van der Waals surface area contributed by atoms with Gasteiger partial charge in [0.25, 0.3) is 7.82 Å². The first-order valence-corrected chi connectivity index (χ1v) is 31.0. The van der Waals surface area contributed by atoms with Gasteiger partial charge in [-0.25, -0.2) is 0 Å². The molecule has 0 aliphatic carbocycles. The van der Waals surface area contributed by atoms with Gasteiger partial charge in [0.15, 0.2) is 0 Å². The van der Waals surface area contributed by atoms with E-state index in [1.54, 1.807) is 6.08 Å². The maximum Gasteiger partial charge on any atom is 0.268 e. The number of hydrogen-bond donors (Lipinski definition) is 2. The van der Waals surface area contributed by atoms with Crippen LogP contribution in [0.3, 0.4) is 0 Å². The largest absolute Gasteiger partial charge is 0.756 e. The Bertz CT molecular complexity index is 1260. The second-order valence-electron chi connectivity index (χ2n) is 21.3. The molecule has 0 aliphatic rings. The van der Waals surface area contributed by atoms with Gasteiger partial charge < -0.3 is 28.8 Å². The van der Waals surface area contributed by atoms with Gasteiger partial charge in [0.2, 0.25) is 5.91 Å². The highest BCUT2D eigenvalue weighted by Gasteiger charge is 2.23. The first-order valence-electron chi connectivity index (χ1n) is 29.5. The van der Waals surface area contributed by atoms with Gasteiger partial charge in [-0.2, -0.15) is 0 Å².